The third-order valence-electron chi connectivity index (χ3n) is 13.4. The van der Waals surface area contributed by atoms with Crippen LogP contribution in [0.4, 0.5) is 0 Å². The largest absolute Gasteiger partial charge is 0.462 e. The summed E-state index contributed by atoms with van der Waals surface area (Å²) >= 11 is 0. The second kappa shape index (κ2) is 60.4. The van der Waals surface area contributed by atoms with E-state index in [-0.39, 0.29) is 31.1 Å². The van der Waals surface area contributed by atoms with Crippen molar-refractivity contribution in [2.45, 2.75) is 316 Å². The Kier molecular flexibility index (Phi) is 57.8. The number of ether oxygens (including phenoxy) is 3. The summed E-state index contributed by atoms with van der Waals surface area (Å²) in [6, 6.07) is 0. The van der Waals surface area contributed by atoms with Gasteiger partial charge in [0.15, 0.2) is 6.10 Å². The van der Waals surface area contributed by atoms with E-state index in [0.29, 0.717) is 19.3 Å². The van der Waals surface area contributed by atoms with Gasteiger partial charge in [-0.3, -0.25) is 14.4 Å². The SMILES string of the molecule is CC/C=C\C/C=C\C/C=C\C/C=C\CCCCCCC(=O)OC(COC(=O)CCCCCCC/C=C\C/C=C\CCCCCC)COC(=O)CCCCCCCCCCCCCCCCCCCCCCC. The van der Waals surface area contributed by atoms with Crippen LogP contribution < -0.4 is 0 Å². The number of hydrogen-bond donors (Lipinski definition) is 0. The molecule has 0 N–H and O–H groups in total. The Morgan fingerprint density at radius 3 is 0.861 bits per heavy atom. The van der Waals surface area contributed by atoms with Crippen LogP contribution in [0.25, 0.3) is 0 Å². The normalized spacial score (nSPS) is 12.5. The van der Waals surface area contributed by atoms with Gasteiger partial charge >= 0.3 is 17.9 Å². The van der Waals surface area contributed by atoms with Crippen molar-refractivity contribution in [2.75, 3.05) is 13.2 Å². The van der Waals surface area contributed by atoms with E-state index in [9.17, 15) is 14.4 Å². The van der Waals surface area contributed by atoms with Crippen LogP contribution in [0.5, 0.6) is 0 Å². The summed E-state index contributed by atoms with van der Waals surface area (Å²) in [6.45, 7) is 6.52. The van der Waals surface area contributed by atoms with Crippen molar-refractivity contribution in [3.63, 3.8) is 0 Å². The molecule has 0 aromatic rings. The summed E-state index contributed by atoms with van der Waals surface area (Å²) in [7, 11) is 0. The van der Waals surface area contributed by atoms with Gasteiger partial charge in [-0.15, -0.1) is 0 Å². The Balaban J connectivity index is 4.39. The lowest BCUT2D eigenvalue weighted by Crippen LogP contribution is -2.30. The van der Waals surface area contributed by atoms with Gasteiger partial charge in [-0.2, -0.15) is 0 Å². The average molecular weight is 1010 g/mol. The van der Waals surface area contributed by atoms with E-state index in [0.717, 1.165) is 116 Å². The van der Waals surface area contributed by atoms with Crippen molar-refractivity contribution < 1.29 is 28.6 Å². The molecule has 0 radical (unpaired) electrons. The molecule has 0 aromatic heterocycles. The first-order valence-electron chi connectivity index (χ1n) is 30.9. The number of carbonyl (C=O) groups is 3. The van der Waals surface area contributed by atoms with Gasteiger partial charge in [0.2, 0.25) is 0 Å². The Labute approximate surface area is 446 Å². The highest BCUT2D eigenvalue weighted by molar-refractivity contribution is 5.71. The average Bonchev–Trinajstić information content (AvgIpc) is 3.38. The van der Waals surface area contributed by atoms with Crippen LogP contribution in [0, 0.1) is 0 Å². The number of rotatable bonds is 56. The maximum absolute atomic E-state index is 12.9. The Morgan fingerprint density at radius 1 is 0.292 bits per heavy atom. The molecule has 1 unspecified atom stereocenters. The lowest BCUT2D eigenvalue weighted by Gasteiger charge is -2.18. The van der Waals surface area contributed by atoms with Gasteiger partial charge in [-0.25, -0.2) is 0 Å². The topological polar surface area (TPSA) is 78.9 Å². The van der Waals surface area contributed by atoms with Crippen molar-refractivity contribution >= 4 is 17.9 Å². The maximum atomic E-state index is 12.9. The number of esters is 3. The van der Waals surface area contributed by atoms with E-state index >= 15 is 0 Å². The molecule has 1 atom stereocenters. The number of allylic oxidation sites excluding steroid dienone is 12. The van der Waals surface area contributed by atoms with Crippen LogP contribution >= 0.6 is 0 Å². The van der Waals surface area contributed by atoms with Gasteiger partial charge in [-0.05, 0) is 89.9 Å². The number of hydrogen-bond acceptors (Lipinski definition) is 6. The van der Waals surface area contributed by atoms with Gasteiger partial charge in [0.05, 0.1) is 0 Å². The first-order chi connectivity index (χ1) is 35.5. The zero-order valence-electron chi connectivity index (χ0n) is 47.7. The molecular formula is C66H116O6. The van der Waals surface area contributed by atoms with Crippen molar-refractivity contribution in [2.24, 2.45) is 0 Å². The minimum atomic E-state index is -0.794. The molecule has 6 nitrogen and oxygen atoms in total. The third kappa shape index (κ3) is 57.7. The van der Waals surface area contributed by atoms with Gasteiger partial charge < -0.3 is 14.2 Å². The van der Waals surface area contributed by atoms with Crippen LogP contribution in [0.3, 0.4) is 0 Å². The van der Waals surface area contributed by atoms with E-state index in [1.807, 2.05) is 0 Å². The quantitative estimate of drug-likeness (QED) is 0.0261. The minimum Gasteiger partial charge on any atom is -0.462 e. The smallest absolute Gasteiger partial charge is 0.306 e. The predicted octanol–water partition coefficient (Wildman–Crippen LogP) is 20.9. The molecule has 0 fully saturated rings. The molecule has 0 saturated carbocycles. The first-order valence-corrected chi connectivity index (χ1v) is 30.9. The summed E-state index contributed by atoms with van der Waals surface area (Å²) in [4.78, 5) is 38.3. The van der Waals surface area contributed by atoms with E-state index < -0.39 is 6.10 Å². The van der Waals surface area contributed by atoms with E-state index in [4.69, 9.17) is 14.2 Å². The van der Waals surface area contributed by atoms with Crippen molar-refractivity contribution in [3.8, 4) is 0 Å². The highest BCUT2D eigenvalue weighted by Crippen LogP contribution is 2.17. The molecule has 72 heavy (non-hydrogen) atoms. The molecule has 0 aliphatic carbocycles. The first kappa shape index (κ1) is 68.8. The fourth-order valence-corrected chi connectivity index (χ4v) is 8.82. The maximum Gasteiger partial charge on any atom is 0.306 e. The standard InChI is InChI=1S/C66H116O6/c1-4-7-10-13-16-19-22-25-28-31-32-33-34-36-38-41-44-47-50-53-56-59-65(68)71-62-63(61-70-64(67)58-55-52-49-46-43-40-37-30-27-24-21-18-15-12-9-6-3)72-66(69)60-57-54-51-48-45-42-39-35-29-26-23-20-17-14-11-8-5-2/h8,11,17,20-21,24,26,29-30,37,39,42,63H,4-7,9-10,12-16,18-19,22-23,25,27-28,31-36,38,40-41,43-62H2,1-3H3/b11-8-,20-17-,24-21-,29-26-,37-30-,42-39-. The molecule has 416 valence electrons. The van der Waals surface area contributed by atoms with Crippen LogP contribution in [0.1, 0.15) is 310 Å². The summed E-state index contributed by atoms with van der Waals surface area (Å²) in [5, 5.41) is 0. The zero-order valence-corrected chi connectivity index (χ0v) is 47.7. The molecule has 0 saturated heterocycles. The Bertz CT molecular complexity index is 1340. The summed E-state index contributed by atoms with van der Waals surface area (Å²) in [5.41, 5.74) is 0. The lowest BCUT2D eigenvalue weighted by atomic mass is 10.0. The van der Waals surface area contributed by atoms with Crippen LogP contribution in [0.15, 0.2) is 72.9 Å². The summed E-state index contributed by atoms with van der Waals surface area (Å²) in [6.07, 6.45) is 77.6. The molecule has 0 rings (SSSR count). The molecule has 6 heteroatoms. The Hall–Kier alpha value is -3.15. The zero-order chi connectivity index (χ0) is 52.2. The molecule has 0 amide bonds. The van der Waals surface area contributed by atoms with Gasteiger partial charge in [0, 0.05) is 19.3 Å². The highest BCUT2D eigenvalue weighted by atomic mass is 16.6. The van der Waals surface area contributed by atoms with Crippen LogP contribution in [0.2, 0.25) is 0 Å². The third-order valence-corrected chi connectivity index (χ3v) is 13.4. The van der Waals surface area contributed by atoms with E-state index in [2.05, 4.69) is 93.7 Å². The minimum absolute atomic E-state index is 0.0875. The second-order valence-electron chi connectivity index (χ2n) is 20.6. The number of unbranched alkanes of at least 4 members (excludes halogenated alkanes) is 33. The summed E-state index contributed by atoms with van der Waals surface area (Å²) in [5.74, 6) is -0.912. The second-order valence-corrected chi connectivity index (χ2v) is 20.6. The fraction of sp³-hybridized carbons (Fsp3) is 0.773. The molecule has 0 heterocycles. The number of carbonyl (C=O) groups excluding carboxylic acids is 3. The molecule has 0 aliphatic heterocycles. The van der Waals surface area contributed by atoms with E-state index in [1.54, 1.807) is 0 Å². The molecular weight excluding hydrogens is 889 g/mol. The van der Waals surface area contributed by atoms with Gasteiger partial charge in [0.1, 0.15) is 13.2 Å². The lowest BCUT2D eigenvalue weighted by molar-refractivity contribution is -0.167. The molecule has 0 aromatic carbocycles. The molecule has 0 spiro atoms. The van der Waals surface area contributed by atoms with E-state index in [1.165, 1.54) is 154 Å². The van der Waals surface area contributed by atoms with Crippen molar-refractivity contribution in [1.82, 2.24) is 0 Å². The predicted molar refractivity (Wildman–Crippen MR) is 311 cm³/mol. The van der Waals surface area contributed by atoms with Crippen LogP contribution in [-0.2, 0) is 28.6 Å². The van der Waals surface area contributed by atoms with Crippen LogP contribution in [-0.4, -0.2) is 37.2 Å². The van der Waals surface area contributed by atoms with Crippen molar-refractivity contribution in [1.29, 1.82) is 0 Å². The Morgan fingerprint density at radius 2 is 0.542 bits per heavy atom. The van der Waals surface area contributed by atoms with Crippen molar-refractivity contribution in [3.05, 3.63) is 72.9 Å². The monoisotopic (exact) mass is 1000 g/mol. The summed E-state index contributed by atoms with van der Waals surface area (Å²) < 4.78 is 16.9. The molecule has 0 aliphatic rings. The van der Waals surface area contributed by atoms with Gasteiger partial charge in [-0.1, -0.05) is 273 Å². The fourth-order valence-electron chi connectivity index (χ4n) is 8.82. The highest BCUT2D eigenvalue weighted by Gasteiger charge is 2.19. The molecule has 0 bridgehead atoms. The van der Waals surface area contributed by atoms with Gasteiger partial charge in [0.25, 0.3) is 0 Å².